The molecule has 0 bridgehead atoms. The standard InChI is InChI=1S/C29H37FN2O6S/c1-18-10-12-29(35,26(34)17-38-39(3,36)37)13-11-25(33)27-23(18)9-4-20-14-24-19(15-28(20,27)2)16-31-32(24)22-7-5-21(30)6-8-22/h5-8,14,16,18,23,25,27,33,35H,4,9-13,15,17H2,1-3H3. The average molecular weight is 561 g/mol. The molecule has 0 spiro atoms. The highest BCUT2D eigenvalue weighted by molar-refractivity contribution is 7.86. The minimum absolute atomic E-state index is 0.0406. The Bertz CT molecular complexity index is 1390. The predicted octanol–water partition coefficient (Wildman–Crippen LogP) is 3.83. The molecule has 1 heterocycles. The van der Waals surface area contributed by atoms with Crippen LogP contribution in [0, 0.1) is 29.0 Å². The third-order valence-corrected chi connectivity index (χ3v) is 9.99. The second-order valence-electron chi connectivity index (χ2n) is 12.0. The molecule has 0 amide bonds. The van der Waals surface area contributed by atoms with Crippen LogP contribution >= 0.6 is 0 Å². The smallest absolute Gasteiger partial charge is 0.264 e. The zero-order valence-electron chi connectivity index (χ0n) is 22.6. The first-order valence-electron chi connectivity index (χ1n) is 13.6. The Morgan fingerprint density at radius 1 is 1.21 bits per heavy atom. The van der Waals surface area contributed by atoms with Crippen molar-refractivity contribution in [1.82, 2.24) is 9.78 Å². The van der Waals surface area contributed by atoms with Gasteiger partial charge in [0.2, 0.25) is 0 Å². The maximum Gasteiger partial charge on any atom is 0.264 e. The van der Waals surface area contributed by atoms with Crippen molar-refractivity contribution < 1.29 is 32.0 Å². The second kappa shape index (κ2) is 10.2. The maximum absolute atomic E-state index is 13.5. The molecule has 8 nitrogen and oxygen atoms in total. The Morgan fingerprint density at radius 2 is 1.90 bits per heavy atom. The Morgan fingerprint density at radius 3 is 2.59 bits per heavy atom. The molecule has 39 heavy (non-hydrogen) atoms. The monoisotopic (exact) mass is 560 g/mol. The molecule has 2 N–H and O–H groups in total. The Labute approximate surface area is 229 Å². The molecule has 0 saturated heterocycles. The van der Waals surface area contributed by atoms with Gasteiger partial charge in [-0.2, -0.15) is 13.5 Å². The van der Waals surface area contributed by atoms with E-state index in [0.717, 1.165) is 36.0 Å². The molecular formula is C29H37FN2O6S. The first-order valence-corrected chi connectivity index (χ1v) is 15.4. The number of aliphatic hydroxyl groups excluding tert-OH is 1. The summed E-state index contributed by atoms with van der Waals surface area (Å²) in [5, 5.41) is 27.6. The second-order valence-corrected chi connectivity index (χ2v) is 13.6. The maximum atomic E-state index is 13.5. The van der Waals surface area contributed by atoms with Gasteiger partial charge in [-0.3, -0.25) is 8.98 Å². The predicted molar refractivity (Wildman–Crippen MR) is 144 cm³/mol. The third-order valence-electron chi connectivity index (χ3n) is 9.44. The number of hydrogen-bond donors (Lipinski definition) is 2. The van der Waals surface area contributed by atoms with Gasteiger partial charge in [-0.15, -0.1) is 0 Å². The van der Waals surface area contributed by atoms with Crippen molar-refractivity contribution in [2.75, 3.05) is 12.9 Å². The number of nitrogens with zero attached hydrogens (tertiary/aromatic N) is 2. The first kappa shape index (κ1) is 28.1. The van der Waals surface area contributed by atoms with Crippen LogP contribution in [0.5, 0.6) is 0 Å². The van der Waals surface area contributed by atoms with Gasteiger partial charge < -0.3 is 10.2 Å². The van der Waals surface area contributed by atoms with Crippen LogP contribution in [0.1, 0.15) is 63.6 Å². The first-order chi connectivity index (χ1) is 18.3. The van der Waals surface area contributed by atoms with Crippen LogP contribution in [-0.2, 0) is 25.5 Å². The summed E-state index contributed by atoms with van der Waals surface area (Å²) in [5.74, 6) is -0.719. The number of aromatic nitrogens is 2. The van der Waals surface area contributed by atoms with Crippen molar-refractivity contribution in [3.05, 3.63) is 53.1 Å². The van der Waals surface area contributed by atoms with Crippen molar-refractivity contribution >= 4 is 22.0 Å². The van der Waals surface area contributed by atoms with E-state index in [4.69, 9.17) is 0 Å². The SMILES string of the molecule is CC1CCC(O)(C(=O)COS(C)(=O)=O)CCC(O)C2C1CCC1=Cc3c(cnn3-c3ccc(F)cc3)CC12C. The molecule has 0 radical (unpaired) electrons. The zero-order valence-corrected chi connectivity index (χ0v) is 23.5. The van der Waals surface area contributed by atoms with Gasteiger partial charge in [0, 0.05) is 0 Å². The minimum atomic E-state index is -3.82. The number of allylic oxidation sites excluding steroid dienone is 1. The number of carbonyl (C=O) groups is 1. The van der Waals surface area contributed by atoms with Gasteiger partial charge in [0.05, 0.1) is 29.9 Å². The van der Waals surface area contributed by atoms with E-state index in [-0.39, 0.29) is 48.2 Å². The lowest BCUT2D eigenvalue weighted by Gasteiger charge is -2.53. The van der Waals surface area contributed by atoms with E-state index in [0.29, 0.717) is 12.8 Å². The molecule has 3 aliphatic rings. The van der Waals surface area contributed by atoms with Crippen LogP contribution in [0.2, 0.25) is 0 Å². The summed E-state index contributed by atoms with van der Waals surface area (Å²) in [6.07, 6.45) is 7.64. The van der Waals surface area contributed by atoms with Crippen LogP contribution in [0.15, 0.2) is 36.0 Å². The van der Waals surface area contributed by atoms with Crippen LogP contribution in [0.3, 0.4) is 0 Å². The molecule has 212 valence electrons. The molecule has 1 aromatic carbocycles. The van der Waals surface area contributed by atoms with Gasteiger partial charge in [0.15, 0.2) is 5.78 Å². The van der Waals surface area contributed by atoms with Crippen molar-refractivity contribution in [3.63, 3.8) is 0 Å². The van der Waals surface area contributed by atoms with Crippen LogP contribution in [0.4, 0.5) is 4.39 Å². The van der Waals surface area contributed by atoms with Gasteiger partial charge in [-0.05, 0) is 104 Å². The van der Waals surface area contributed by atoms with Gasteiger partial charge in [0.1, 0.15) is 18.0 Å². The molecule has 6 atom stereocenters. The highest BCUT2D eigenvalue weighted by Gasteiger charge is 2.53. The summed E-state index contributed by atoms with van der Waals surface area (Å²) in [5.41, 5.74) is 2.00. The van der Waals surface area contributed by atoms with Gasteiger partial charge in [-0.1, -0.05) is 19.4 Å². The summed E-state index contributed by atoms with van der Waals surface area (Å²) in [4.78, 5) is 12.9. The van der Waals surface area contributed by atoms with Crippen molar-refractivity contribution in [2.45, 2.75) is 70.5 Å². The zero-order chi connectivity index (χ0) is 28.2. The van der Waals surface area contributed by atoms with E-state index < -0.39 is 34.2 Å². The van der Waals surface area contributed by atoms with E-state index in [1.807, 2.05) is 10.9 Å². The number of benzene rings is 1. The summed E-state index contributed by atoms with van der Waals surface area (Å²) in [6, 6.07) is 6.25. The van der Waals surface area contributed by atoms with Crippen molar-refractivity contribution in [1.29, 1.82) is 0 Å². The van der Waals surface area contributed by atoms with E-state index in [1.54, 1.807) is 12.1 Å². The van der Waals surface area contributed by atoms with Gasteiger partial charge in [0.25, 0.3) is 10.1 Å². The number of aliphatic hydroxyl groups is 2. The lowest BCUT2D eigenvalue weighted by atomic mass is 9.52. The lowest BCUT2D eigenvalue weighted by Crippen LogP contribution is -2.49. The van der Waals surface area contributed by atoms with E-state index in [2.05, 4.69) is 29.2 Å². The number of Topliss-reactive ketones (excluding diaryl/α,β-unsaturated/α-hetero) is 1. The van der Waals surface area contributed by atoms with Crippen LogP contribution < -0.4 is 0 Å². The summed E-state index contributed by atoms with van der Waals surface area (Å²) in [7, 11) is -3.82. The molecule has 3 aliphatic carbocycles. The topological polar surface area (TPSA) is 119 Å². The molecule has 0 aliphatic heterocycles. The van der Waals surface area contributed by atoms with Crippen molar-refractivity contribution in [3.8, 4) is 5.69 Å². The number of rotatable bonds is 5. The van der Waals surface area contributed by atoms with Gasteiger partial charge in [-0.25, -0.2) is 9.07 Å². The summed E-state index contributed by atoms with van der Waals surface area (Å²) < 4.78 is 42.8. The number of fused-ring (bicyclic) bond motifs is 4. The fourth-order valence-electron chi connectivity index (χ4n) is 7.27. The number of halogens is 1. The minimum Gasteiger partial charge on any atom is -0.393 e. The van der Waals surface area contributed by atoms with Crippen LogP contribution in [0.25, 0.3) is 11.8 Å². The average Bonchev–Trinajstić information content (AvgIpc) is 3.29. The molecule has 2 fully saturated rings. The Balaban J connectivity index is 1.43. The molecule has 1 aromatic heterocycles. The molecular weight excluding hydrogens is 523 g/mol. The molecule has 2 aromatic rings. The highest BCUT2D eigenvalue weighted by atomic mass is 32.2. The highest BCUT2D eigenvalue weighted by Crippen LogP contribution is 2.57. The fourth-order valence-corrected chi connectivity index (χ4v) is 7.59. The van der Waals surface area contributed by atoms with E-state index >= 15 is 0 Å². The molecule has 5 rings (SSSR count). The number of ketones is 1. The number of hydrogen-bond acceptors (Lipinski definition) is 7. The fraction of sp³-hybridized carbons (Fsp3) is 0.586. The molecule has 10 heteroatoms. The lowest BCUT2D eigenvalue weighted by molar-refractivity contribution is -0.141. The Hall–Kier alpha value is -2.40. The van der Waals surface area contributed by atoms with Gasteiger partial charge >= 0.3 is 0 Å². The Kier molecular flexibility index (Phi) is 7.37. The largest absolute Gasteiger partial charge is 0.393 e. The normalized spacial score (nSPS) is 33.0. The van der Waals surface area contributed by atoms with Crippen molar-refractivity contribution in [2.24, 2.45) is 23.2 Å². The van der Waals surface area contributed by atoms with E-state index in [9.17, 15) is 27.8 Å². The quantitative estimate of drug-likeness (QED) is 0.534. The summed E-state index contributed by atoms with van der Waals surface area (Å²) in [6.45, 7) is 3.61. The van der Waals surface area contributed by atoms with E-state index in [1.165, 1.54) is 17.7 Å². The molecule has 2 saturated carbocycles. The third kappa shape index (κ3) is 5.36. The number of carbonyl (C=O) groups excluding carboxylic acids is 1. The van der Waals surface area contributed by atoms with Crippen LogP contribution in [-0.4, -0.2) is 58.8 Å². The molecule has 6 unspecified atom stereocenters. The summed E-state index contributed by atoms with van der Waals surface area (Å²) >= 11 is 0.